The van der Waals surface area contributed by atoms with E-state index in [1.54, 1.807) is 0 Å². The van der Waals surface area contributed by atoms with Crippen LogP contribution in [0.2, 0.25) is 0 Å². The Morgan fingerprint density at radius 1 is 0.741 bits per heavy atom. The molecule has 27 heavy (non-hydrogen) atoms. The Labute approximate surface area is 157 Å². The summed E-state index contributed by atoms with van der Waals surface area (Å²) in [7, 11) is 0. The molecule has 4 heteroatoms. The lowest BCUT2D eigenvalue weighted by atomic mass is 9.95. The number of anilines is 2. The van der Waals surface area contributed by atoms with Gasteiger partial charge < -0.3 is 16.0 Å². The van der Waals surface area contributed by atoms with Gasteiger partial charge in [0, 0.05) is 5.70 Å². The number of hydrogen-bond donors (Lipinski definition) is 3. The van der Waals surface area contributed by atoms with Crippen molar-refractivity contribution in [3.8, 4) is 11.1 Å². The first-order chi connectivity index (χ1) is 13.3. The average Bonchev–Trinajstić information content (AvgIpc) is 2.99. The van der Waals surface area contributed by atoms with Gasteiger partial charge in [0.15, 0.2) is 0 Å². The van der Waals surface area contributed by atoms with Crippen LogP contribution in [0.25, 0.3) is 11.1 Å². The monoisotopic (exact) mass is 353 g/mol. The quantitative estimate of drug-likeness (QED) is 0.643. The molecule has 0 radical (unpaired) electrons. The van der Waals surface area contributed by atoms with Crippen LogP contribution in [0, 0.1) is 0 Å². The summed E-state index contributed by atoms with van der Waals surface area (Å²) < 4.78 is 0. The third kappa shape index (κ3) is 2.75. The van der Waals surface area contributed by atoms with Gasteiger partial charge in [-0.25, -0.2) is 0 Å². The van der Waals surface area contributed by atoms with Crippen LogP contribution < -0.4 is 16.0 Å². The van der Waals surface area contributed by atoms with Gasteiger partial charge in [-0.05, 0) is 28.8 Å². The molecule has 4 nitrogen and oxygen atoms in total. The Kier molecular flexibility index (Phi) is 3.68. The fraction of sp³-hybridized carbons (Fsp3) is 0.0870. The highest BCUT2D eigenvalue weighted by molar-refractivity contribution is 6.01. The van der Waals surface area contributed by atoms with Crippen LogP contribution in [0.15, 0.2) is 90.1 Å². The van der Waals surface area contributed by atoms with Gasteiger partial charge in [0.1, 0.15) is 0 Å². The molecule has 0 spiro atoms. The number of benzene rings is 3. The van der Waals surface area contributed by atoms with E-state index < -0.39 is 0 Å². The smallest absolute Gasteiger partial charge is 0.251 e. The lowest BCUT2D eigenvalue weighted by Crippen LogP contribution is -2.24. The van der Waals surface area contributed by atoms with E-state index in [0.29, 0.717) is 6.54 Å². The van der Waals surface area contributed by atoms with Crippen molar-refractivity contribution < 1.29 is 4.79 Å². The molecule has 0 bridgehead atoms. The van der Waals surface area contributed by atoms with Gasteiger partial charge >= 0.3 is 0 Å². The molecule has 3 aromatic carbocycles. The van der Waals surface area contributed by atoms with Crippen LogP contribution in [-0.4, -0.2) is 12.5 Å². The third-order valence-electron chi connectivity index (χ3n) is 5.15. The van der Waals surface area contributed by atoms with Gasteiger partial charge in [0.05, 0.1) is 29.5 Å². The zero-order valence-electron chi connectivity index (χ0n) is 14.7. The molecule has 1 atom stereocenters. The lowest BCUT2D eigenvalue weighted by Gasteiger charge is -2.20. The Bertz CT molecular complexity index is 1040. The minimum absolute atomic E-state index is 0.0186. The van der Waals surface area contributed by atoms with Crippen molar-refractivity contribution in [2.24, 2.45) is 0 Å². The molecular formula is C23H19N3O. The third-order valence-corrected chi connectivity index (χ3v) is 5.15. The number of para-hydroxylation sites is 2. The minimum Gasteiger partial charge on any atom is -0.372 e. The Morgan fingerprint density at radius 2 is 1.41 bits per heavy atom. The van der Waals surface area contributed by atoms with Crippen molar-refractivity contribution in [3.05, 3.63) is 95.7 Å². The number of carbonyl (C=O) groups is 1. The molecule has 2 aliphatic rings. The molecule has 3 aromatic rings. The van der Waals surface area contributed by atoms with Crippen LogP contribution in [0.3, 0.4) is 0 Å². The summed E-state index contributed by atoms with van der Waals surface area (Å²) in [6, 6.07) is 26.6. The molecular weight excluding hydrogens is 334 g/mol. The molecule has 0 aromatic heterocycles. The summed E-state index contributed by atoms with van der Waals surface area (Å²) in [5.41, 5.74) is 7.10. The van der Waals surface area contributed by atoms with Crippen molar-refractivity contribution in [2.75, 3.05) is 17.2 Å². The number of amides is 1. The molecule has 1 amide bonds. The molecule has 5 rings (SSSR count). The highest BCUT2D eigenvalue weighted by Gasteiger charge is 2.33. The Balaban J connectivity index is 1.56. The van der Waals surface area contributed by atoms with Gasteiger partial charge in [0.2, 0.25) is 0 Å². The lowest BCUT2D eigenvalue weighted by molar-refractivity contribution is -0.116. The van der Waals surface area contributed by atoms with Gasteiger partial charge in [-0.2, -0.15) is 0 Å². The van der Waals surface area contributed by atoms with E-state index in [1.807, 2.05) is 42.5 Å². The van der Waals surface area contributed by atoms with E-state index in [0.717, 1.165) is 33.8 Å². The maximum absolute atomic E-state index is 12.5. The fourth-order valence-corrected chi connectivity index (χ4v) is 3.77. The van der Waals surface area contributed by atoms with E-state index in [9.17, 15) is 4.79 Å². The largest absolute Gasteiger partial charge is 0.372 e. The van der Waals surface area contributed by atoms with Crippen molar-refractivity contribution >= 4 is 17.3 Å². The number of rotatable bonds is 2. The molecule has 0 saturated heterocycles. The second kappa shape index (κ2) is 6.32. The predicted molar refractivity (Wildman–Crippen MR) is 108 cm³/mol. The summed E-state index contributed by atoms with van der Waals surface area (Å²) in [6.45, 7) is 0.531. The van der Waals surface area contributed by atoms with Crippen LogP contribution >= 0.6 is 0 Å². The first-order valence-electron chi connectivity index (χ1n) is 9.09. The second-order valence-electron chi connectivity index (χ2n) is 6.81. The topological polar surface area (TPSA) is 53.2 Å². The minimum atomic E-state index is -0.191. The fourth-order valence-electron chi connectivity index (χ4n) is 3.77. The maximum atomic E-state index is 12.5. The van der Waals surface area contributed by atoms with E-state index in [4.69, 9.17) is 0 Å². The molecule has 132 valence electrons. The molecule has 2 aliphatic heterocycles. The summed E-state index contributed by atoms with van der Waals surface area (Å²) in [6.07, 6.45) is 0. The van der Waals surface area contributed by atoms with Crippen molar-refractivity contribution in [3.63, 3.8) is 0 Å². The average molecular weight is 353 g/mol. The summed E-state index contributed by atoms with van der Waals surface area (Å²) >= 11 is 0. The first-order valence-corrected chi connectivity index (χ1v) is 9.09. The van der Waals surface area contributed by atoms with Crippen LogP contribution in [0.4, 0.5) is 11.4 Å². The summed E-state index contributed by atoms with van der Waals surface area (Å²) in [4.78, 5) is 12.5. The van der Waals surface area contributed by atoms with Gasteiger partial charge in [0.25, 0.3) is 5.91 Å². The highest BCUT2D eigenvalue weighted by atomic mass is 16.2. The van der Waals surface area contributed by atoms with Crippen molar-refractivity contribution in [2.45, 2.75) is 6.04 Å². The standard InChI is InChI=1S/C23H19N3O/c27-23-21-20(14-24-23)25-18-8-4-5-9-19(18)26-22(21)17-12-10-16(11-13-17)15-6-2-1-3-7-15/h1-13,22,25-26H,14H2,(H,24,27). The van der Waals surface area contributed by atoms with Crippen LogP contribution in [-0.2, 0) is 4.79 Å². The number of carbonyl (C=O) groups excluding carboxylic acids is 1. The van der Waals surface area contributed by atoms with Crippen molar-refractivity contribution in [1.82, 2.24) is 5.32 Å². The summed E-state index contributed by atoms with van der Waals surface area (Å²) in [5.74, 6) is -0.0186. The zero-order valence-corrected chi connectivity index (χ0v) is 14.7. The molecule has 1 unspecified atom stereocenters. The number of nitrogens with one attached hydrogen (secondary N) is 3. The molecule has 2 heterocycles. The van der Waals surface area contributed by atoms with Gasteiger partial charge in [-0.1, -0.05) is 66.7 Å². The molecule has 0 aliphatic carbocycles. The molecule has 0 saturated carbocycles. The highest BCUT2D eigenvalue weighted by Crippen LogP contribution is 2.38. The van der Waals surface area contributed by atoms with E-state index in [1.165, 1.54) is 5.56 Å². The predicted octanol–water partition coefficient (Wildman–Crippen LogP) is 4.32. The summed E-state index contributed by atoms with van der Waals surface area (Å²) in [5, 5.41) is 9.92. The van der Waals surface area contributed by atoms with Crippen molar-refractivity contribution in [1.29, 1.82) is 0 Å². The maximum Gasteiger partial charge on any atom is 0.251 e. The number of fused-ring (bicyclic) bond motifs is 1. The van der Waals surface area contributed by atoms with Crippen LogP contribution in [0.1, 0.15) is 11.6 Å². The van der Waals surface area contributed by atoms with E-state index >= 15 is 0 Å². The van der Waals surface area contributed by atoms with E-state index in [-0.39, 0.29) is 11.9 Å². The first kappa shape index (κ1) is 15.7. The Morgan fingerprint density at radius 3 is 2.19 bits per heavy atom. The normalized spacial score (nSPS) is 17.9. The van der Waals surface area contributed by atoms with E-state index in [2.05, 4.69) is 52.3 Å². The SMILES string of the molecule is O=C1NCC2=C1C(c1ccc(-c3ccccc3)cc1)Nc1ccccc1N2. The van der Waals surface area contributed by atoms with Gasteiger partial charge in [-0.3, -0.25) is 4.79 Å². The number of hydrogen-bond acceptors (Lipinski definition) is 3. The zero-order chi connectivity index (χ0) is 18.2. The molecule has 0 fully saturated rings. The molecule has 3 N–H and O–H groups in total. The second-order valence-corrected chi connectivity index (χ2v) is 6.81. The Hall–Kier alpha value is -3.53. The van der Waals surface area contributed by atoms with Crippen LogP contribution in [0.5, 0.6) is 0 Å². The van der Waals surface area contributed by atoms with Gasteiger partial charge in [-0.15, -0.1) is 0 Å².